The van der Waals surface area contributed by atoms with Crippen LogP contribution in [0.4, 0.5) is 4.39 Å². The third-order valence-electron chi connectivity index (χ3n) is 2.40. The molecule has 1 aromatic rings. The summed E-state index contributed by atoms with van der Waals surface area (Å²) < 4.78 is 12.9. The van der Waals surface area contributed by atoms with Crippen molar-refractivity contribution in [1.82, 2.24) is 0 Å². The highest BCUT2D eigenvalue weighted by Gasteiger charge is 2.17. The van der Waals surface area contributed by atoms with Crippen molar-refractivity contribution in [3.63, 3.8) is 0 Å². The molecule has 0 aromatic heterocycles. The smallest absolute Gasteiger partial charge is 0.306 e. The van der Waals surface area contributed by atoms with E-state index in [9.17, 15) is 9.18 Å². The van der Waals surface area contributed by atoms with E-state index in [0.29, 0.717) is 5.56 Å². The summed E-state index contributed by atoms with van der Waals surface area (Å²) in [6.07, 6.45) is 0.289. The fraction of sp³-hybridized carbons (Fsp3) is 0.364. The van der Waals surface area contributed by atoms with E-state index in [0.717, 1.165) is 0 Å². The van der Waals surface area contributed by atoms with Gasteiger partial charge in [-0.1, -0.05) is 24.6 Å². The Hall–Kier alpha value is -1.13. The van der Waals surface area contributed by atoms with Crippen molar-refractivity contribution in [2.75, 3.05) is 0 Å². The van der Waals surface area contributed by atoms with Crippen LogP contribution in [0.5, 0.6) is 0 Å². The lowest BCUT2D eigenvalue weighted by atomic mass is 9.97. The average Bonchev–Trinajstić information content (AvgIpc) is 2.21. The molecule has 0 radical (unpaired) electrons. The number of aliphatic carboxylic acids is 1. The molecule has 5 heteroatoms. The van der Waals surface area contributed by atoms with Crippen LogP contribution in [0.1, 0.15) is 24.9 Å². The minimum atomic E-state index is -0.899. The van der Waals surface area contributed by atoms with E-state index >= 15 is 0 Å². The van der Waals surface area contributed by atoms with Crippen molar-refractivity contribution in [2.45, 2.75) is 19.4 Å². The first-order valence-electron chi connectivity index (χ1n) is 4.85. The second-order valence-corrected chi connectivity index (χ2v) is 4.16. The Bertz CT molecular complexity index is 398. The van der Waals surface area contributed by atoms with Crippen molar-refractivity contribution in [3.8, 4) is 0 Å². The van der Waals surface area contributed by atoms with Gasteiger partial charge in [-0.2, -0.15) is 0 Å². The van der Waals surface area contributed by atoms with Crippen LogP contribution in [-0.4, -0.2) is 11.1 Å². The Labute approximate surface area is 98.0 Å². The number of rotatable bonds is 4. The van der Waals surface area contributed by atoms with Gasteiger partial charge in [0.1, 0.15) is 5.82 Å². The molecule has 0 bridgehead atoms. The van der Waals surface area contributed by atoms with Crippen LogP contribution >= 0.6 is 11.6 Å². The number of carboxylic acids is 1. The predicted octanol–water partition coefficient (Wildman–Crippen LogP) is 2.59. The first-order chi connectivity index (χ1) is 7.41. The molecule has 3 nitrogen and oxygen atoms in total. The molecule has 3 N–H and O–H groups in total. The summed E-state index contributed by atoms with van der Waals surface area (Å²) in [4.78, 5) is 10.6. The Morgan fingerprint density at radius 1 is 1.62 bits per heavy atom. The molecular weight excluding hydrogens is 233 g/mol. The fourth-order valence-corrected chi connectivity index (χ4v) is 1.55. The average molecular weight is 246 g/mol. The third kappa shape index (κ3) is 3.18. The molecule has 0 aliphatic heterocycles. The zero-order valence-electron chi connectivity index (χ0n) is 8.78. The van der Waals surface area contributed by atoms with Gasteiger partial charge >= 0.3 is 5.97 Å². The van der Waals surface area contributed by atoms with E-state index in [1.807, 2.05) is 0 Å². The number of carbonyl (C=O) groups is 1. The van der Waals surface area contributed by atoms with Crippen molar-refractivity contribution in [1.29, 1.82) is 0 Å². The number of carboxylic acid groups (broad SMARTS) is 1. The molecule has 0 saturated carbocycles. The van der Waals surface area contributed by atoms with Crippen molar-refractivity contribution < 1.29 is 14.3 Å². The maximum absolute atomic E-state index is 12.9. The second-order valence-electron chi connectivity index (χ2n) is 3.76. The minimum Gasteiger partial charge on any atom is -0.481 e. The Balaban J connectivity index is 2.76. The summed E-state index contributed by atoms with van der Waals surface area (Å²) in [7, 11) is 0. The van der Waals surface area contributed by atoms with Gasteiger partial charge in [0.2, 0.25) is 0 Å². The molecule has 0 spiro atoms. The molecule has 0 aliphatic rings. The van der Waals surface area contributed by atoms with E-state index in [-0.39, 0.29) is 11.4 Å². The Morgan fingerprint density at radius 3 is 2.75 bits per heavy atom. The quantitative estimate of drug-likeness (QED) is 0.857. The molecule has 2 unspecified atom stereocenters. The highest BCUT2D eigenvalue weighted by Crippen LogP contribution is 2.23. The predicted molar refractivity (Wildman–Crippen MR) is 59.8 cm³/mol. The van der Waals surface area contributed by atoms with Gasteiger partial charge in [0.05, 0.1) is 10.9 Å². The van der Waals surface area contributed by atoms with Crippen molar-refractivity contribution >= 4 is 17.6 Å². The molecule has 0 heterocycles. The second kappa shape index (κ2) is 5.27. The Kier molecular flexibility index (Phi) is 4.26. The largest absolute Gasteiger partial charge is 0.481 e. The Morgan fingerprint density at radius 2 is 2.25 bits per heavy atom. The molecule has 1 rings (SSSR count). The van der Waals surface area contributed by atoms with Crippen LogP contribution in [0, 0.1) is 11.7 Å². The van der Waals surface area contributed by atoms with Gasteiger partial charge < -0.3 is 10.8 Å². The van der Waals surface area contributed by atoms with Crippen LogP contribution in [-0.2, 0) is 4.79 Å². The molecule has 0 fully saturated rings. The molecule has 16 heavy (non-hydrogen) atoms. The monoisotopic (exact) mass is 245 g/mol. The summed E-state index contributed by atoms with van der Waals surface area (Å²) in [6, 6.07) is 3.71. The first-order valence-corrected chi connectivity index (χ1v) is 5.23. The lowest BCUT2D eigenvalue weighted by Gasteiger charge is -2.15. The maximum atomic E-state index is 12.9. The van der Waals surface area contributed by atoms with E-state index in [4.69, 9.17) is 22.4 Å². The van der Waals surface area contributed by atoms with Gasteiger partial charge in [-0.25, -0.2) is 4.39 Å². The van der Waals surface area contributed by atoms with Gasteiger partial charge in [0.25, 0.3) is 0 Å². The zero-order chi connectivity index (χ0) is 12.3. The van der Waals surface area contributed by atoms with Crippen LogP contribution < -0.4 is 5.73 Å². The molecule has 88 valence electrons. The molecule has 2 atom stereocenters. The normalized spacial score (nSPS) is 14.5. The minimum absolute atomic E-state index is 0.00377. The van der Waals surface area contributed by atoms with Crippen LogP contribution in [0.15, 0.2) is 18.2 Å². The number of hydrogen-bond donors (Lipinski definition) is 2. The van der Waals surface area contributed by atoms with Crippen LogP contribution in [0.25, 0.3) is 0 Å². The summed E-state index contributed by atoms with van der Waals surface area (Å²) in [6.45, 7) is 1.58. The van der Waals surface area contributed by atoms with Crippen LogP contribution in [0.2, 0.25) is 5.02 Å². The zero-order valence-corrected chi connectivity index (χ0v) is 9.54. The SMILES string of the molecule is CC(CC(N)c1ccc(F)c(Cl)c1)C(=O)O. The molecular formula is C11H13ClFNO2. The lowest BCUT2D eigenvalue weighted by molar-refractivity contribution is -0.141. The third-order valence-corrected chi connectivity index (χ3v) is 2.69. The molecule has 1 aromatic carbocycles. The van der Waals surface area contributed by atoms with Gasteiger partial charge in [-0.3, -0.25) is 4.79 Å². The molecule has 0 saturated heterocycles. The van der Waals surface area contributed by atoms with Crippen molar-refractivity contribution in [3.05, 3.63) is 34.6 Å². The van der Waals surface area contributed by atoms with Gasteiger partial charge in [0, 0.05) is 6.04 Å². The number of halogens is 2. The van der Waals surface area contributed by atoms with E-state index in [2.05, 4.69) is 0 Å². The van der Waals surface area contributed by atoms with Gasteiger partial charge in [-0.15, -0.1) is 0 Å². The van der Waals surface area contributed by atoms with E-state index in [1.54, 1.807) is 6.92 Å². The highest BCUT2D eigenvalue weighted by atomic mass is 35.5. The van der Waals surface area contributed by atoms with E-state index < -0.39 is 23.7 Å². The highest BCUT2D eigenvalue weighted by molar-refractivity contribution is 6.30. The van der Waals surface area contributed by atoms with Gasteiger partial charge in [-0.05, 0) is 24.1 Å². The first kappa shape index (κ1) is 12.9. The lowest BCUT2D eigenvalue weighted by Crippen LogP contribution is -2.19. The fourth-order valence-electron chi connectivity index (χ4n) is 1.36. The topological polar surface area (TPSA) is 63.3 Å². The summed E-state index contributed by atoms with van der Waals surface area (Å²) in [5.41, 5.74) is 6.45. The molecule has 0 amide bonds. The van der Waals surface area contributed by atoms with Gasteiger partial charge in [0.15, 0.2) is 0 Å². The van der Waals surface area contributed by atoms with Crippen molar-refractivity contribution in [2.24, 2.45) is 11.7 Å². The number of hydrogen-bond acceptors (Lipinski definition) is 2. The maximum Gasteiger partial charge on any atom is 0.306 e. The summed E-state index contributed by atoms with van der Waals surface area (Å²) in [5, 5.41) is 8.73. The number of benzene rings is 1. The van der Waals surface area contributed by atoms with Crippen LogP contribution in [0.3, 0.4) is 0 Å². The standard InChI is InChI=1S/C11H13ClFNO2/c1-6(11(15)16)4-10(14)7-2-3-9(13)8(12)5-7/h2-3,5-6,10H,4,14H2,1H3,(H,15,16). The summed E-state index contributed by atoms with van der Waals surface area (Å²) >= 11 is 5.61. The summed E-state index contributed by atoms with van der Waals surface area (Å²) in [5.74, 6) is -1.95. The number of nitrogens with two attached hydrogens (primary N) is 1. The molecule has 0 aliphatic carbocycles. The van der Waals surface area contributed by atoms with E-state index in [1.165, 1.54) is 18.2 Å².